The molecule has 70 valence electrons. The molecule has 0 aliphatic heterocycles. The van der Waals surface area contributed by atoms with E-state index in [9.17, 15) is 9.18 Å². The normalized spacial score (nSPS) is 9.38. The molecule has 1 aromatic rings. The zero-order chi connectivity index (χ0) is 9.84. The van der Waals surface area contributed by atoms with Crippen LogP contribution in [0.2, 0.25) is 0 Å². The Hall–Kier alpha value is -1.78. The van der Waals surface area contributed by atoms with E-state index in [1.807, 2.05) is 0 Å². The minimum absolute atomic E-state index is 0.00634. The second-order valence-corrected chi connectivity index (χ2v) is 2.34. The summed E-state index contributed by atoms with van der Waals surface area (Å²) < 4.78 is 17.8. The second-order valence-electron chi connectivity index (χ2n) is 2.34. The highest BCUT2D eigenvalue weighted by molar-refractivity contribution is 5.88. The van der Waals surface area contributed by atoms with Gasteiger partial charge in [-0.1, -0.05) is 0 Å². The van der Waals surface area contributed by atoms with Crippen LogP contribution in [0.5, 0.6) is 5.75 Å². The summed E-state index contributed by atoms with van der Waals surface area (Å²) in [4.78, 5) is 10.4. The Morgan fingerprint density at radius 2 is 2.31 bits per heavy atom. The van der Waals surface area contributed by atoms with Crippen molar-refractivity contribution in [3.63, 3.8) is 0 Å². The number of hydrogen-bond donors (Lipinski definition) is 2. The Bertz CT molecular complexity index is 328. The zero-order valence-corrected chi connectivity index (χ0v) is 7.00. The maximum atomic E-state index is 12.9. The van der Waals surface area contributed by atoms with Gasteiger partial charge in [0.25, 0.3) is 0 Å². The van der Waals surface area contributed by atoms with Gasteiger partial charge in [0.2, 0.25) is 0 Å². The summed E-state index contributed by atoms with van der Waals surface area (Å²) in [6.07, 6.45) is 0. The topological polar surface area (TPSA) is 64.3 Å². The van der Waals surface area contributed by atoms with Gasteiger partial charge in [0.1, 0.15) is 11.6 Å². The Balaban J connectivity index is 2.96. The minimum atomic E-state index is -0.813. The standard InChI is InChI=1S/C8H9FN2O2/c1-13-5-2-3-6(9)7(4-5)11-8(10)12/h2-4H,1H3,(H3,10,11,12). The third kappa shape index (κ3) is 2.33. The minimum Gasteiger partial charge on any atom is -0.497 e. The van der Waals surface area contributed by atoms with Crippen LogP contribution >= 0.6 is 0 Å². The molecular formula is C8H9FN2O2. The van der Waals surface area contributed by atoms with Crippen molar-refractivity contribution in [3.05, 3.63) is 24.0 Å². The van der Waals surface area contributed by atoms with Crippen LogP contribution in [0.1, 0.15) is 0 Å². The summed E-state index contributed by atoms with van der Waals surface area (Å²) in [5.74, 6) is -0.107. The summed E-state index contributed by atoms with van der Waals surface area (Å²) in [6.45, 7) is 0. The first kappa shape index (κ1) is 9.31. The molecule has 2 amide bonds. The van der Waals surface area contributed by atoms with E-state index in [0.717, 1.165) is 0 Å². The molecule has 0 aromatic heterocycles. The van der Waals surface area contributed by atoms with Crippen LogP contribution in [0.3, 0.4) is 0 Å². The molecule has 3 N–H and O–H groups in total. The first-order valence-electron chi connectivity index (χ1n) is 3.53. The third-order valence-corrected chi connectivity index (χ3v) is 1.43. The molecular weight excluding hydrogens is 175 g/mol. The number of primary amides is 1. The van der Waals surface area contributed by atoms with Crippen molar-refractivity contribution in [1.29, 1.82) is 0 Å². The molecule has 1 rings (SSSR count). The fraction of sp³-hybridized carbons (Fsp3) is 0.125. The molecule has 0 unspecified atom stereocenters. The lowest BCUT2D eigenvalue weighted by atomic mass is 10.3. The van der Waals surface area contributed by atoms with Crippen LogP contribution in [-0.2, 0) is 0 Å². The molecule has 0 saturated carbocycles. The average molecular weight is 184 g/mol. The number of methoxy groups -OCH3 is 1. The predicted octanol–water partition coefficient (Wildman–Crippen LogP) is 1.32. The fourth-order valence-corrected chi connectivity index (χ4v) is 0.860. The van der Waals surface area contributed by atoms with Crippen LogP contribution in [-0.4, -0.2) is 13.1 Å². The predicted molar refractivity (Wildman–Crippen MR) is 46.2 cm³/mol. The maximum absolute atomic E-state index is 12.9. The van der Waals surface area contributed by atoms with Gasteiger partial charge in [-0.2, -0.15) is 0 Å². The largest absolute Gasteiger partial charge is 0.497 e. The number of carbonyl (C=O) groups excluding carboxylic acids is 1. The summed E-state index contributed by atoms with van der Waals surface area (Å²) in [7, 11) is 1.45. The number of ether oxygens (including phenoxy) is 1. The molecule has 0 bridgehead atoms. The number of nitrogens with two attached hydrogens (primary N) is 1. The van der Waals surface area contributed by atoms with Gasteiger partial charge in [-0.25, -0.2) is 9.18 Å². The molecule has 0 fully saturated rings. The van der Waals surface area contributed by atoms with E-state index in [-0.39, 0.29) is 5.69 Å². The molecule has 0 spiro atoms. The number of nitrogens with one attached hydrogen (secondary N) is 1. The van der Waals surface area contributed by atoms with Crippen LogP contribution in [0.15, 0.2) is 18.2 Å². The lowest BCUT2D eigenvalue weighted by molar-refractivity contribution is 0.259. The Kier molecular flexibility index (Phi) is 2.69. The van der Waals surface area contributed by atoms with Gasteiger partial charge in [-0.05, 0) is 12.1 Å². The molecule has 0 heterocycles. The fourth-order valence-electron chi connectivity index (χ4n) is 0.860. The van der Waals surface area contributed by atoms with Crippen LogP contribution < -0.4 is 15.8 Å². The van der Waals surface area contributed by atoms with Crippen LogP contribution in [0.25, 0.3) is 0 Å². The van der Waals surface area contributed by atoms with Gasteiger partial charge in [0.15, 0.2) is 0 Å². The van der Waals surface area contributed by atoms with E-state index in [4.69, 9.17) is 10.5 Å². The number of benzene rings is 1. The van der Waals surface area contributed by atoms with Crippen molar-refractivity contribution < 1.29 is 13.9 Å². The Morgan fingerprint density at radius 3 is 2.85 bits per heavy atom. The van der Waals surface area contributed by atoms with E-state index in [0.29, 0.717) is 5.75 Å². The van der Waals surface area contributed by atoms with Crippen molar-refractivity contribution in [3.8, 4) is 5.75 Å². The molecule has 0 aliphatic carbocycles. The van der Waals surface area contributed by atoms with Gasteiger partial charge < -0.3 is 15.8 Å². The number of anilines is 1. The summed E-state index contributed by atoms with van der Waals surface area (Å²) >= 11 is 0. The lowest BCUT2D eigenvalue weighted by Gasteiger charge is -2.05. The number of halogens is 1. The summed E-state index contributed by atoms with van der Waals surface area (Å²) in [5.41, 5.74) is 4.83. The van der Waals surface area contributed by atoms with Crippen molar-refractivity contribution >= 4 is 11.7 Å². The number of amides is 2. The summed E-state index contributed by atoms with van der Waals surface area (Å²) in [5, 5.41) is 2.13. The van der Waals surface area contributed by atoms with Gasteiger partial charge in [0, 0.05) is 6.07 Å². The molecule has 4 nitrogen and oxygen atoms in total. The monoisotopic (exact) mass is 184 g/mol. The van der Waals surface area contributed by atoms with Crippen molar-refractivity contribution in [2.24, 2.45) is 5.73 Å². The number of hydrogen-bond acceptors (Lipinski definition) is 2. The first-order valence-corrected chi connectivity index (χ1v) is 3.53. The molecule has 0 saturated heterocycles. The van der Waals surface area contributed by atoms with Gasteiger partial charge in [-0.15, -0.1) is 0 Å². The zero-order valence-electron chi connectivity index (χ0n) is 7.00. The van der Waals surface area contributed by atoms with Crippen molar-refractivity contribution in [1.82, 2.24) is 0 Å². The molecule has 0 atom stereocenters. The highest BCUT2D eigenvalue weighted by Crippen LogP contribution is 2.20. The van der Waals surface area contributed by atoms with Gasteiger partial charge in [0.05, 0.1) is 12.8 Å². The number of carbonyl (C=O) groups is 1. The van der Waals surface area contributed by atoms with Crippen molar-refractivity contribution in [2.45, 2.75) is 0 Å². The molecule has 1 aromatic carbocycles. The first-order chi connectivity index (χ1) is 6.13. The number of urea groups is 1. The van der Waals surface area contributed by atoms with Crippen molar-refractivity contribution in [2.75, 3.05) is 12.4 Å². The average Bonchev–Trinajstić information content (AvgIpc) is 2.08. The quantitative estimate of drug-likeness (QED) is 0.728. The number of rotatable bonds is 2. The molecule has 0 radical (unpaired) electrons. The smallest absolute Gasteiger partial charge is 0.316 e. The van der Waals surface area contributed by atoms with Crippen LogP contribution in [0, 0.1) is 5.82 Å². The van der Waals surface area contributed by atoms with E-state index in [2.05, 4.69) is 5.32 Å². The molecule has 13 heavy (non-hydrogen) atoms. The van der Waals surface area contributed by atoms with E-state index in [1.54, 1.807) is 0 Å². The maximum Gasteiger partial charge on any atom is 0.316 e. The molecule has 0 aliphatic rings. The lowest BCUT2D eigenvalue weighted by Crippen LogP contribution is -2.20. The molecule has 5 heteroatoms. The highest BCUT2D eigenvalue weighted by Gasteiger charge is 2.04. The van der Waals surface area contributed by atoms with E-state index >= 15 is 0 Å². The Labute approximate surface area is 74.5 Å². The van der Waals surface area contributed by atoms with Gasteiger partial charge in [-0.3, -0.25) is 0 Å². The Morgan fingerprint density at radius 1 is 1.62 bits per heavy atom. The second kappa shape index (κ2) is 3.75. The SMILES string of the molecule is COc1ccc(F)c(NC(N)=O)c1. The highest BCUT2D eigenvalue weighted by atomic mass is 19.1. The third-order valence-electron chi connectivity index (χ3n) is 1.43. The van der Waals surface area contributed by atoms with Gasteiger partial charge >= 0.3 is 6.03 Å². The van der Waals surface area contributed by atoms with E-state index < -0.39 is 11.8 Å². The van der Waals surface area contributed by atoms with Crippen LogP contribution in [0.4, 0.5) is 14.9 Å². The summed E-state index contributed by atoms with van der Waals surface area (Å²) in [6, 6.07) is 3.17. The van der Waals surface area contributed by atoms with E-state index in [1.165, 1.54) is 25.3 Å².